The zero-order valence-electron chi connectivity index (χ0n) is 14.0. The van der Waals surface area contributed by atoms with Crippen LogP contribution in [-0.4, -0.2) is 23.3 Å². The highest BCUT2D eigenvalue weighted by molar-refractivity contribution is 8.00. The molecular weight excluding hydrogens is 320 g/mol. The SMILES string of the molecule is Cc1ccc(NC(=O)CSCC(=O)NCc2ccccc2C)cc1. The third-order valence-electron chi connectivity index (χ3n) is 3.54. The van der Waals surface area contributed by atoms with Gasteiger partial charge in [0.15, 0.2) is 0 Å². The number of rotatable bonds is 7. The summed E-state index contributed by atoms with van der Waals surface area (Å²) in [5, 5.41) is 5.69. The molecule has 0 unspecified atom stereocenters. The van der Waals surface area contributed by atoms with Gasteiger partial charge in [-0.25, -0.2) is 0 Å². The van der Waals surface area contributed by atoms with Crippen LogP contribution in [0.4, 0.5) is 5.69 Å². The maximum atomic E-state index is 11.8. The average Bonchev–Trinajstić information content (AvgIpc) is 2.56. The van der Waals surface area contributed by atoms with E-state index in [2.05, 4.69) is 10.6 Å². The smallest absolute Gasteiger partial charge is 0.234 e. The van der Waals surface area contributed by atoms with Crippen molar-refractivity contribution in [3.63, 3.8) is 0 Å². The number of benzene rings is 2. The Bertz CT molecular complexity index is 699. The van der Waals surface area contributed by atoms with Crippen LogP contribution in [0.2, 0.25) is 0 Å². The fraction of sp³-hybridized carbons (Fsp3) is 0.263. The van der Waals surface area contributed by atoms with Crippen LogP contribution in [0.5, 0.6) is 0 Å². The fourth-order valence-electron chi connectivity index (χ4n) is 2.12. The summed E-state index contributed by atoms with van der Waals surface area (Å²) in [6, 6.07) is 15.6. The number of hydrogen-bond acceptors (Lipinski definition) is 3. The van der Waals surface area contributed by atoms with Gasteiger partial charge in [-0.2, -0.15) is 0 Å². The standard InChI is InChI=1S/C19H22N2O2S/c1-14-7-9-17(10-8-14)21-19(23)13-24-12-18(22)20-11-16-6-4-3-5-15(16)2/h3-10H,11-13H2,1-2H3,(H,20,22)(H,21,23). The zero-order valence-corrected chi connectivity index (χ0v) is 14.8. The largest absolute Gasteiger partial charge is 0.351 e. The molecule has 0 saturated heterocycles. The van der Waals surface area contributed by atoms with Gasteiger partial charge >= 0.3 is 0 Å². The van der Waals surface area contributed by atoms with Crippen molar-refractivity contribution in [1.82, 2.24) is 5.32 Å². The Morgan fingerprint density at radius 3 is 2.29 bits per heavy atom. The van der Waals surface area contributed by atoms with Crippen molar-refractivity contribution in [1.29, 1.82) is 0 Å². The minimum absolute atomic E-state index is 0.0635. The molecule has 0 aliphatic heterocycles. The van der Waals surface area contributed by atoms with E-state index < -0.39 is 0 Å². The molecule has 0 bridgehead atoms. The first-order chi connectivity index (χ1) is 11.5. The summed E-state index contributed by atoms with van der Waals surface area (Å²) < 4.78 is 0. The normalized spacial score (nSPS) is 10.2. The second-order valence-corrected chi connectivity index (χ2v) is 6.60. The van der Waals surface area contributed by atoms with Crippen molar-refractivity contribution in [2.45, 2.75) is 20.4 Å². The van der Waals surface area contributed by atoms with Crippen LogP contribution in [0.15, 0.2) is 48.5 Å². The molecule has 2 rings (SSSR count). The predicted octanol–water partition coefficient (Wildman–Crippen LogP) is 3.29. The van der Waals surface area contributed by atoms with Crippen LogP contribution in [0.3, 0.4) is 0 Å². The first-order valence-electron chi connectivity index (χ1n) is 7.80. The summed E-state index contributed by atoms with van der Waals surface area (Å²) in [5.41, 5.74) is 4.18. The predicted molar refractivity (Wildman–Crippen MR) is 100 cm³/mol. The number of carbonyl (C=O) groups excluding carboxylic acids is 2. The van der Waals surface area contributed by atoms with Crippen molar-refractivity contribution in [2.75, 3.05) is 16.8 Å². The summed E-state index contributed by atoms with van der Waals surface area (Å²) in [6.45, 7) is 4.53. The van der Waals surface area contributed by atoms with Crippen LogP contribution < -0.4 is 10.6 Å². The molecule has 4 nitrogen and oxygen atoms in total. The summed E-state index contributed by atoms with van der Waals surface area (Å²) in [7, 11) is 0. The molecule has 24 heavy (non-hydrogen) atoms. The summed E-state index contributed by atoms with van der Waals surface area (Å²) in [6.07, 6.45) is 0. The van der Waals surface area contributed by atoms with Crippen molar-refractivity contribution >= 4 is 29.3 Å². The third-order valence-corrected chi connectivity index (χ3v) is 4.47. The maximum Gasteiger partial charge on any atom is 0.234 e. The molecule has 5 heteroatoms. The number of carbonyl (C=O) groups is 2. The molecule has 0 aromatic heterocycles. The van der Waals surface area contributed by atoms with Crippen LogP contribution >= 0.6 is 11.8 Å². The number of thioether (sulfide) groups is 1. The molecule has 2 amide bonds. The van der Waals surface area contributed by atoms with Gasteiger partial charge in [0, 0.05) is 12.2 Å². The van der Waals surface area contributed by atoms with Gasteiger partial charge in [0.05, 0.1) is 11.5 Å². The Balaban J connectivity index is 1.66. The molecule has 0 aliphatic rings. The van der Waals surface area contributed by atoms with Crippen LogP contribution in [0.25, 0.3) is 0 Å². The Morgan fingerprint density at radius 1 is 0.917 bits per heavy atom. The Hall–Kier alpha value is -2.27. The topological polar surface area (TPSA) is 58.2 Å². The molecule has 2 aromatic rings. The lowest BCUT2D eigenvalue weighted by atomic mass is 10.1. The molecule has 0 atom stereocenters. The summed E-state index contributed by atoms with van der Waals surface area (Å²) in [4.78, 5) is 23.7. The Labute approximate surface area is 147 Å². The van der Waals surface area contributed by atoms with Crippen LogP contribution in [0.1, 0.15) is 16.7 Å². The molecule has 126 valence electrons. The van der Waals surface area contributed by atoms with E-state index in [1.54, 1.807) is 0 Å². The Morgan fingerprint density at radius 2 is 1.58 bits per heavy atom. The molecule has 2 aromatic carbocycles. The quantitative estimate of drug-likeness (QED) is 0.812. The van der Waals surface area contributed by atoms with Gasteiger partial charge < -0.3 is 10.6 Å². The molecule has 2 N–H and O–H groups in total. The highest BCUT2D eigenvalue weighted by Gasteiger charge is 2.06. The molecule has 0 fully saturated rings. The maximum absolute atomic E-state index is 11.8. The van der Waals surface area contributed by atoms with Gasteiger partial charge in [-0.1, -0.05) is 42.0 Å². The van der Waals surface area contributed by atoms with Crippen molar-refractivity contribution in [2.24, 2.45) is 0 Å². The van der Waals surface area contributed by atoms with Gasteiger partial charge in [-0.05, 0) is 37.1 Å². The van der Waals surface area contributed by atoms with Crippen LogP contribution in [0, 0.1) is 13.8 Å². The van der Waals surface area contributed by atoms with Gasteiger partial charge in [0.25, 0.3) is 0 Å². The van der Waals surface area contributed by atoms with Crippen LogP contribution in [-0.2, 0) is 16.1 Å². The molecule has 0 aliphatic carbocycles. The number of amides is 2. The summed E-state index contributed by atoms with van der Waals surface area (Å²) >= 11 is 1.31. The van der Waals surface area contributed by atoms with Gasteiger partial charge in [-0.15, -0.1) is 11.8 Å². The lowest BCUT2D eigenvalue weighted by molar-refractivity contribution is -0.118. The van der Waals surface area contributed by atoms with Gasteiger partial charge in [0.2, 0.25) is 11.8 Å². The van der Waals surface area contributed by atoms with E-state index in [1.165, 1.54) is 11.8 Å². The molecule has 0 saturated carbocycles. The molecular formula is C19H22N2O2S. The van der Waals surface area contributed by atoms with E-state index in [-0.39, 0.29) is 23.3 Å². The minimum Gasteiger partial charge on any atom is -0.351 e. The fourth-order valence-corrected chi connectivity index (χ4v) is 2.77. The lowest BCUT2D eigenvalue weighted by Gasteiger charge is -2.08. The van der Waals surface area contributed by atoms with Gasteiger partial charge in [0.1, 0.15) is 0 Å². The minimum atomic E-state index is -0.101. The average molecular weight is 342 g/mol. The molecule has 0 spiro atoms. The number of hydrogen-bond donors (Lipinski definition) is 2. The van der Waals surface area contributed by atoms with Crippen molar-refractivity contribution < 1.29 is 9.59 Å². The number of aryl methyl sites for hydroxylation is 2. The van der Waals surface area contributed by atoms with E-state index in [1.807, 2.05) is 62.4 Å². The second-order valence-electron chi connectivity index (χ2n) is 5.61. The first-order valence-corrected chi connectivity index (χ1v) is 8.95. The van der Waals surface area contributed by atoms with E-state index in [0.29, 0.717) is 6.54 Å². The third kappa shape index (κ3) is 6.08. The lowest BCUT2D eigenvalue weighted by Crippen LogP contribution is -2.26. The van der Waals surface area contributed by atoms with E-state index in [4.69, 9.17) is 0 Å². The number of nitrogens with one attached hydrogen (secondary N) is 2. The molecule has 0 heterocycles. The van der Waals surface area contributed by atoms with Gasteiger partial charge in [-0.3, -0.25) is 9.59 Å². The number of anilines is 1. The Kier molecular flexibility index (Phi) is 6.88. The van der Waals surface area contributed by atoms with E-state index >= 15 is 0 Å². The summed E-state index contributed by atoms with van der Waals surface area (Å²) in [5.74, 6) is 0.362. The highest BCUT2D eigenvalue weighted by Crippen LogP contribution is 2.10. The second kappa shape index (κ2) is 9.13. The van der Waals surface area contributed by atoms with Crippen molar-refractivity contribution in [3.8, 4) is 0 Å². The highest BCUT2D eigenvalue weighted by atomic mass is 32.2. The van der Waals surface area contributed by atoms with E-state index in [0.717, 1.165) is 22.4 Å². The van der Waals surface area contributed by atoms with E-state index in [9.17, 15) is 9.59 Å². The molecule has 0 radical (unpaired) electrons. The zero-order chi connectivity index (χ0) is 17.4. The van der Waals surface area contributed by atoms with Crippen molar-refractivity contribution in [3.05, 3.63) is 65.2 Å². The first kappa shape index (κ1) is 18.1. The monoisotopic (exact) mass is 342 g/mol.